The van der Waals surface area contributed by atoms with Crippen molar-refractivity contribution in [2.24, 2.45) is 0 Å². The number of carbonyl (C=O) groups excluding carboxylic acids is 2. The molecule has 0 aliphatic rings. The van der Waals surface area contributed by atoms with E-state index in [-0.39, 0.29) is 42.3 Å². The maximum absolute atomic E-state index is 8.89. The number of carboxylic acid groups (broad SMARTS) is 2. The minimum atomic E-state index is -1.08. The summed E-state index contributed by atoms with van der Waals surface area (Å²) in [4.78, 5) is 17.8. The van der Waals surface area contributed by atoms with Crippen molar-refractivity contribution in [2.45, 2.75) is 111 Å². The van der Waals surface area contributed by atoms with E-state index in [4.69, 9.17) is 19.8 Å². The first-order valence-electron chi connectivity index (χ1n) is 10.1. The molecule has 0 aliphatic heterocycles. The Morgan fingerprint density at radius 3 is 0.846 bits per heavy atom. The van der Waals surface area contributed by atoms with E-state index in [1.165, 1.54) is 51.4 Å². The third kappa shape index (κ3) is 86.5. The number of unbranched alkanes of at least 4 members (excludes halogenated alkanes) is 4. The van der Waals surface area contributed by atoms with Crippen molar-refractivity contribution in [3.63, 3.8) is 0 Å². The van der Waals surface area contributed by atoms with E-state index in [2.05, 4.69) is 27.7 Å². The van der Waals surface area contributed by atoms with E-state index in [0.717, 1.165) is 13.8 Å². The Morgan fingerprint density at radius 1 is 0.577 bits per heavy atom. The quantitative estimate of drug-likeness (QED) is 0.259. The van der Waals surface area contributed by atoms with Crippen LogP contribution in [0.25, 0.3) is 0 Å². The molecule has 0 spiro atoms. The summed E-state index contributed by atoms with van der Waals surface area (Å²) in [6, 6.07) is 0. The van der Waals surface area contributed by atoms with Crippen LogP contribution in [0.15, 0.2) is 0 Å². The van der Waals surface area contributed by atoms with Crippen molar-refractivity contribution in [1.82, 2.24) is 0 Å². The molecule has 0 aromatic carbocycles. The number of rotatable bonds is 12. The Labute approximate surface area is 183 Å². The maximum atomic E-state index is 8.89. The number of aliphatic carboxylic acids is 2. The van der Waals surface area contributed by atoms with Gasteiger partial charge in [-0.05, 0) is 13.8 Å². The van der Waals surface area contributed by atoms with E-state index in [0.29, 0.717) is 0 Å². The standard InChI is InChI=1S/4C4H9.2C2H4O2.2Sn/c4*1-3-4-2;2*1-2(3)4;;/h4*1,3-4H2,2H3;2*1H3,(H,3,4);;/q;;;;;;2*+2/p-2. The van der Waals surface area contributed by atoms with Gasteiger partial charge >= 0.3 is 139 Å². The fraction of sp³-hybridized carbons (Fsp3) is 0.900. The van der Waals surface area contributed by atoms with E-state index in [1.54, 1.807) is 17.7 Å². The van der Waals surface area contributed by atoms with Crippen LogP contribution in [0.5, 0.6) is 0 Å². The summed E-state index contributed by atoms with van der Waals surface area (Å²) in [5.74, 6) is -2.17. The predicted molar refractivity (Wildman–Crippen MR) is 112 cm³/mol. The molecule has 0 unspecified atom stereocenters. The van der Waals surface area contributed by atoms with Gasteiger partial charge in [0.15, 0.2) is 0 Å². The van der Waals surface area contributed by atoms with E-state index < -0.39 is 11.9 Å². The molecule has 0 saturated carbocycles. The second kappa shape index (κ2) is 36.5. The molecular formula is C20H42O4Sn2+2. The Balaban J connectivity index is -0.000000134. The zero-order valence-electron chi connectivity index (χ0n) is 18.1. The van der Waals surface area contributed by atoms with Crippen molar-refractivity contribution in [3.05, 3.63) is 0 Å². The van der Waals surface area contributed by atoms with Crippen molar-refractivity contribution in [2.75, 3.05) is 0 Å². The molecule has 0 aliphatic carbocycles. The molecule has 6 heteroatoms. The second-order valence-corrected chi connectivity index (χ2v) is 14.5. The van der Waals surface area contributed by atoms with Crippen LogP contribution in [0.3, 0.4) is 0 Å². The van der Waals surface area contributed by atoms with Crippen LogP contribution in [0.4, 0.5) is 0 Å². The van der Waals surface area contributed by atoms with Crippen LogP contribution in [-0.2, 0) is 9.59 Å². The summed E-state index contributed by atoms with van der Waals surface area (Å²) in [7, 11) is 0. The van der Waals surface area contributed by atoms with Crippen molar-refractivity contribution in [3.8, 4) is 0 Å². The molecule has 4 nitrogen and oxygen atoms in total. The van der Waals surface area contributed by atoms with Gasteiger partial charge < -0.3 is 19.8 Å². The molecule has 0 fully saturated rings. The van der Waals surface area contributed by atoms with Crippen LogP contribution in [0.1, 0.15) is 92.9 Å². The summed E-state index contributed by atoms with van der Waals surface area (Å²) in [5.41, 5.74) is 0. The van der Waals surface area contributed by atoms with E-state index >= 15 is 0 Å². The second-order valence-electron chi connectivity index (χ2n) is 5.90. The summed E-state index contributed by atoms with van der Waals surface area (Å²) in [6.07, 6.45) is 11.7. The van der Waals surface area contributed by atoms with Gasteiger partial charge in [0, 0.05) is 11.9 Å². The number of hydrogen-bond acceptors (Lipinski definition) is 4. The molecule has 0 amide bonds. The molecular weight excluding hydrogens is 542 g/mol. The molecule has 0 aromatic rings. The normalized spacial score (nSPS) is 8.23. The van der Waals surface area contributed by atoms with Crippen LogP contribution >= 0.6 is 0 Å². The Kier molecular flexibility index (Phi) is 47.8. The first kappa shape index (κ1) is 34.1. The average molecular weight is 584 g/mol. The minimum absolute atomic E-state index is 0.149. The zero-order valence-corrected chi connectivity index (χ0v) is 23.8. The first-order chi connectivity index (χ1) is 12.3. The number of hydrogen-bond donors (Lipinski definition) is 0. The molecule has 0 radical (unpaired) electrons. The monoisotopic (exact) mass is 586 g/mol. The van der Waals surface area contributed by atoms with Gasteiger partial charge in [-0.25, -0.2) is 0 Å². The first-order valence-corrected chi connectivity index (χ1v) is 18.1. The van der Waals surface area contributed by atoms with Gasteiger partial charge in [-0.1, -0.05) is 0 Å². The van der Waals surface area contributed by atoms with Gasteiger partial charge in [-0.2, -0.15) is 0 Å². The molecule has 0 heterocycles. The van der Waals surface area contributed by atoms with Gasteiger partial charge in [0.05, 0.1) is 0 Å². The Morgan fingerprint density at radius 2 is 0.731 bits per heavy atom. The molecule has 0 saturated heterocycles. The van der Waals surface area contributed by atoms with Crippen LogP contribution in [0, 0.1) is 0 Å². The third-order valence-electron chi connectivity index (χ3n) is 2.83. The Hall–Kier alpha value is 0.537. The van der Waals surface area contributed by atoms with Crippen molar-refractivity contribution >= 4 is 54.2 Å². The third-order valence-corrected chi connectivity index (χ3v) is 10.9. The molecule has 0 aromatic heterocycles. The topological polar surface area (TPSA) is 80.3 Å². The van der Waals surface area contributed by atoms with Gasteiger partial charge in [0.25, 0.3) is 0 Å². The molecule has 0 bridgehead atoms. The van der Waals surface area contributed by atoms with Gasteiger partial charge in [0.2, 0.25) is 0 Å². The molecule has 26 heavy (non-hydrogen) atoms. The summed E-state index contributed by atoms with van der Waals surface area (Å²) in [5, 5.41) is 17.8. The van der Waals surface area contributed by atoms with Gasteiger partial charge in [-0.15, -0.1) is 0 Å². The molecule has 0 N–H and O–H groups in total. The van der Waals surface area contributed by atoms with Gasteiger partial charge in [0.1, 0.15) is 0 Å². The zero-order chi connectivity index (χ0) is 21.1. The van der Waals surface area contributed by atoms with Crippen LogP contribution in [-0.4, -0.2) is 54.2 Å². The molecule has 0 atom stereocenters. The van der Waals surface area contributed by atoms with Gasteiger partial charge in [-0.3, -0.25) is 0 Å². The number of carbonyl (C=O) groups is 2. The Bertz CT molecular complexity index is 216. The van der Waals surface area contributed by atoms with Crippen molar-refractivity contribution in [1.29, 1.82) is 0 Å². The predicted octanol–water partition coefficient (Wildman–Crippen LogP) is 3.77. The SMILES string of the molecule is CC(=O)[O-].CC(=O)[O-].CCC[CH2][Sn+2][CH2]CCC.CCC[CH2][Sn+2][CH2]CCC. The van der Waals surface area contributed by atoms with E-state index in [9.17, 15) is 0 Å². The van der Waals surface area contributed by atoms with Crippen molar-refractivity contribution < 1.29 is 19.8 Å². The fourth-order valence-corrected chi connectivity index (χ4v) is 9.77. The summed E-state index contributed by atoms with van der Waals surface area (Å²) in [6.45, 7) is 11.1. The number of carboxylic acids is 2. The van der Waals surface area contributed by atoms with E-state index in [1.807, 2.05) is 0 Å². The fourth-order valence-electron chi connectivity index (χ4n) is 1.46. The summed E-state index contributed by atoms with van der Waals surface area (Å²) >= 11 is 0.299. The van der Waals surface area contributed by atoms with Crippen LogP contribution in [0.2, 0.25) is 17.7 Å². The van der Waals surface area contributed by atoms with Crippen LogP contribution < -0.4 is 10.2 Å². The molecule has 0 rings (SSSR count). The molecule has 152 valence electrons. The average Bonchev–Trinajstić information content (AvgIpc) is 2.54. The summed E-state index contributed by atoms with van der Waals surface area (Å²) < 4.78 is 6.50.